The van der Waals surface area contributed by atoms with Gasteiger partial charge in [-0.25, -0.2) is 0 Å². The molecule has 1 aromatic carbocycles. The molecule has 0 aliphatic carbocycles. The van der Waals surface area contributed by atoms with Crippen LogP contribution in [0.3, 0.4) is 0 Å². The van der Waals surface area contributed by atoms with Crippen molar-refractivity contribution in [2.24, 2.45) is 0 Å². The molecule has 17 heavy (non-hydrogen) atoms. The lowest BCUT2D eigenvalue weighted by atomic mass is 10.0. The monoisotopic (exact) mass is 234 g/mol. The zero-order chi connectivity index (χ0) is 12.7. The lowest BCUT2D eigenvalue weighted by Gasteiger charge is -2.15. The maximum atomic E-state index is 11.5. The predicted molar refractivity (Wildman–Crippen MR) is 66.7 cm³/mol. The van der Waals surface area contributed by atoms with Crippen molar-refractivity contribution in [3.05, 3.63) is 35.9 Å². The minimum atomic E-state index is -0.446. The van der Waals surface area contributed by atoms with Crippen molar-refractivity contribution in [1.82, 2.24) is 10.6 Å². The molecule has 1 amide bonds. The summed E-state index contributed by atoms with van der Waals surface area (Å²) in [4.78, 5) is 22.9. The van der Waals surface area contributed by atoms with Gasteiger partial charge in [0, 0.05) is 0 Å². The number of carbonyl (C=O) groups is 2. The van der Waals surface area contributed by atoms with Crippen molar-refractivity contribution >= 4 is 11.7 Å². The topological polar surface area (TPSA) is 58.2 Å². The van der Waals surface area contributed by atoms with Crippen LogP contribution in [0.4, 0.5) is 0 Å². The van der Waals surface area contributed by atoms with Gasteiger partial charge >= 0.3 is 0 Å². The summed E-state index contributed by atoms with van der Waals surface area (Å²) in [5.41, 5.74) is 1.04. The number of hydrogen-bond donors (Lipinski definition) is 2. The Hall–Kier alpha value is -1.68. The third kappa shape index (κ3) is 4.78. The van der Waals surface area contributed by atoms with Crippen LogP contribution >= 0.6 is 0 Å². The predicted octanol–water partition coefficient (Wildman–Crippen LogP) is 0.522. The van der Waals surface area contributed by atoms with Crippen LogP contribution in [0.2, 0.25) is 0 Å². The molecule has 0 unspecified atom stereocenters. The first-order valence-electron chi connectivity index (χ1n) is 5.62. The van der Waals surface area contributed by atoms with E-state index in [1.165, 1.54) is 6.92 Å². The Kier molecular flexibility index (Phi) is 5.36. The summed E-state index contributed by atoms with van der Waals surface area (Å²) >= 11 is 0. The first kappa shape index (κ1) is 13.4. The number of carbonyl (C=O) groups excluding carboxylic acids is 2. The molecule has 92 valence electrons. The smallest absolute Gasteiger partial charge is 0.234 e. The Morgan fingerprint density at radius 1 is 1.24 bits per heavy atom. The fraction of sp³-hybridized carbons (Fsp3) is 0.385. The third-order valence-electron chi connectivity index (χ3n) is 2.45. The molecule has 0 saturated heterocycles. The minimum Gasteiger partial charge on any atom is -0.345 e. The molecule has 0 aliphatic rings. The number of amides is 1. The van der Waals surface area contributed by atoms with Crippen LogP contribution in [0, 0.1) is 0 Å². The van der Waals surface area contributed by atoms with Crippen molar-refractivity contribution in [3.8, 4) is 0 Å². The Morgan fingerprint density at radius 3 is 2.41 bits per heavy atom. The molecule has 0 aromatic heterocycles. The van der Waals surface area contributed by atoms with Crippen LogP contribution in [-0.2, 0) is 16.0 Å². The van der Waals surface area contributed by atoms with Gasteiger partial charge in [0.1, 0.15) is 0 Å². The van der Waals surface area contributed by atoms with Crippen molar-refractivity contribution in [2.75, 3.05) is 13.6 Å². The lowest BCUT2D eigenvalue weighted by molar-refractivity contribution is -0.126. The quantitative estimate of drug-likeness (QED) is 0.754. The first-order valence-corrected chi connectivity index (χ1v) is 5.62. The van der Waals surface area contributed by atoms with Gasteiger partial charge in [-0.3, -0.25) is 9.59 Å². The summed E-state index contributed by atoms with van der Waals surface area (Å²) in [5, 5.41) is 5.47. The van der Waals surface area contributed by atoms with Gasteiger partial charge in [-0.2, -0.15) is 0 Å². The molecule has 0 saturated carbocycles. The molecule has 2 N–H and O–H groups in total. The molecule has 1 rings (SSSR count). The largest absolute Gasteiger partial charge is 0.345 e. The van der Waals surface area contributed by atoms with E-state index in [0.29, 0.717) is 6.42 Å². The zero-order valence-corrected chi connectivity index (χ0v) is 10.2. The van der Waals surface area contributed by atoms with Gasteiger partial charge < -0.3 is 10.6 Å². The van der Waals surface area contributed by atoms with E-state index in [-0.39, 0.29) is 18.2 Å². The van der Waals surface area contributed by atoms with E-state index in [2.05, 4.69) is 10.6 Å². The number of Topliss-reactive ketones (excluding diaryl/α,β-unsaturated/α-hetero) is 1. The SMILES string of the molecule is CNCC(=O)N[C@@H](Cc1ccccc1)C(C)=O. The number of hydrogen-bond acceptors (Lipinski definition) is 3. The van der Waals surface area contributed by atoms with E-state index < -0.39 is 6.04 Å². The average Bonchev–Trinajstić information content (AvgIpc) is 2.29. The van der Waals surface area contributed by atoms with Gasteiger partial charge in [-0.15, -0.1) is 0 Å². The molecule has 0 radical (unpaired) electrons. The highest BCUT2D eigenvalue weighted by Gasteiger charge is 2.16. The minimum absolute atomic E-state index is 0.0293. The molecule has 0 spiro atoms. The number of likely N-dealkylation sites (N-methyl/N-ethyl adjacent to an activating group) is 1. The summed E-state index contributed by atoms with van der Waals surface area (Å²) in [6, 6.07) is 9.20. The molecular weight excluding hydrogens is 216 g/mol. The van der Waals surface area contributed by atoms with Gasteiger partial charge in [0.2, 0.25) is 5.91 Å². The van der Waals surface area contributed by atoms with Crippen LogP contribution in [0.1, 0.15) is 12.5 Å². The summed E-state index contributed by atoms with van der Waals surface area (Å²) in [5.74, 6) is -0.193. The second-order valence-corrected chi connectivity index (χ2v) is 3.95. The number of nitrogens with one attached hydrogen (secondary N) is 2. The fourth-order valence-corrected chi connectivity index (χ4v) is 1.55. The molecule has 4 nitrogen and oxygen atoms in total. The molecule has 0 fully saturated rings. The Labute approximate surface area is 101 Å². The van der Waals surface area contributed by atoms with E-state index >= 15 is 0 Å². The average molecular weight is 234 g/mol. The van der Waals surface area contributed by atoms with E-state index in [9.17, 15) is 9.59 Å². The van der Waals surface area contributed by atoms with Crippen molar-refractivity contribution in [1.29, 1.82) is 0 Å². The molecule has 4 heteroatoms. The van der Waals surface area contributed by atoms with Crippen LogP contribution in [0.25, 0.3) is 0 Å². The summed E-state index contributed by atoms with van der Waals surface area (Å²) in [6.07, 6.45) is 0.533. The van der Waals surface area contributed by atoms with Crippen LogP contribution < -0.4 is 10.6 Å². The number of benzene rings is 1. The van der Waals surface area contributed by atoms with Gasteiger partial charge in [-0.1, -0.05) is 30.3 Å². The van der Waals surface area contributed by atoms with Crippen molar-refractivity contribution < 1.29 is 9.59 Å². The van der Waals surface area contributed by atoms with Gasteiger partial charge in [0.25, 0.3) is 0 Å². The van der Waals surface area contributed by atoms with Gasteiger partial charge in [0.05, 0.1) is 12.6 Å². The molecule has 1 aromatic rings. The summed E-state index contributed by atoms with van der Waals surface area (Å²) in [7, 11) is 1.69. The van der Waals surface area contributed by atoms with Crippen molar-refractivity contribution in [3.63, 3.8) is 0 Å². The molecular formula is C13H18N2O2. The molecule has 0 aliphatic heterocycles. The van der Waals surface area contributed by atoms with E-state index in [1.54, 1.807) is 7.05 Å². The Bertz CT molecular complexity index is 376. The maximum Gasteiger partial charge on any atom is 0.234 e. The highest BCUT2D eigenvalue weighted by molar-refractivity contribution is 5.88. The van der Waals surface area contributed by atoms with Gasteiger partial charge in [0.15, 0.2) is 5.78 Å². The number of ketones is 1. The van der Waals surface area contributed by atoms with E-state index in [0.717, 1.165) is 5.56 Å². The van der Waals surface area contributed by atoms with Crippen LogP contribution in [0.15, 0.2) is 30.3 Å². The third-order valence-corrected chi connectivity index (χ3v) is 2.45. The van der Waals surface area contributed by atoms with Crippen molar-refractivity contribution in [2.45, 2.75) is 19.4 Å². The second-order valence-electron chi connectivity index (χ2n) is 3.95. The highest BCUT2D eigenvalue weighted by atomic mass is 16.2. The maximum absolute atomic E-state index is 11.5. The zero-order valence-electron chi connectivity index (χ0n) is 10.2. The summed E-state index contributed by atoms with van der Waals surface area (Å²) < 4.78 is 0. The van der Waals surface area contributed by atoms with Gasteiger partial charge in [-0.05, 0) is 26.0 Å². The summed E-state index contributed by atoms with van der Waals surface area (Å²) in [6.45, 7) is 1.71. The first-order chi connectivity index (χ1) is 8.13. The number of rotatable bonds is 6. The van der Waals surface area contributed by atoms with Crippen LogP contribution in [-0.4, -0.2) is 31.3 Å². The second kappa shape index (κ2) is 6.81. The fourth-order valence-electron chi connectivity index (χ4n) is 1.55. The lowest BCUT2D eigenvalue weighted by Crippen LogP contribution is -2.44. The normalized spacial score (nSPS) is 11.9. The molecule has 1 atom stereocenters. The Balaban J connectivity index is 2.61. The molecule has 0 bridgehead atoms. The standard InChI is InChI=1S/C13H18N2O2/c1-10(16)12(15-13(17)9-14-2)8-11-6-4-3-5-7-11/h3-7,12,14H,8-9H2,1-2H3,(H,15,17)/t12-/m0/s1. The molecule has 0 heterocycles. The van der Waals surface area contributed by atoms with E-state index in [1.807, 2.05) is 30.3 Å². The van der Waals surface area contributed by atoms with Crippen LogP contribution in [0.5, 0.6) is 0 Å². The van der Waals surface area contributed by atoms with E-state index in [4.69, 9.17) is 0 Å². The Morgan fingerprint density at radius 2 is 1.88 bits per heavy atom. The highest BCUT2D eigenvalue weighted by Crippen LogP contribution is 2.03.